The van der Waals surface area contributed by atoms with Gasteiger partial charge in [0.2, 0.25) is 0 Å². The van der Waals surface area contributed by atoms with Crippen LogP contribution in [0.2, 0.25) is 0 Å². The summed E-state index contributed by atoms with van der Waals surface area (Å²) in [5.41, 5.74) is 0.0168. The first-order valence-electron chi connectivity index (χ1n) is 8.04. The Balaban J connectivity index is 2.11. The van der Waals surface area contributed by atoms with Gasteiger partial charge < -0.3 is 35.0 Å². The van der Waals surface area contributed by atoms with Crippen LogP contribution < -0.4 is 0 Å². The van der Waals surface area contributed by atoms with E-state index in [1.807, 2.05) is 6.08 Å². The fraction of sp³-hybridized carbons (Fsp3) is 0.875. The van der Waals surface area contributed by atoms with Crippen molar-refractivity contribution in [3.05, 3.63) is 11.6 Å². The first kappa shape index (κ1) is 18.8. The predicted octanol–water partition coefficient (Wildman–Crippen LogP) is -0.701. The van der Waals surface area contributed by atoms with Crippen molar-refractivity contribution in [1.29, 1.82) is 0 Å². The molecule has 1 heterocycles. The summed E-state index contributed by atoms with van der Waals surface area (Å²) in [6.45, 7) is 5.24. The number of rotatable bonds is 4. The second-order valence-electron chi connectivity index (χ2n) is 7.02. The van der Waals surface area contributed by atoms with Crippen molar-refractivity contribution in [3.63, 3.8) is 0 Å². The van der Waals surface area contributed by atoms with Crippen molar-refractivity contribution in [3.8, 4) is 0 Å². The Morgan fingerprint density at radius 3 is 2.48 bits per heavy atom. The van der Waals surface area contributed by atoms with Gasteiger partial charge in [-0.3, -0.25) is 0 Å². The SMILES string of the molecule is CC(C)C1=CC[C@@](C)(O)[C@H](O[C@H]2O[C@@H](CO)[C@@H](O)[C@@H](O)[C@H]2O)C1. The zero-order chi connectivity index (χ0) is 17.4. The van der Waals surface area contributed by atoms with Gasteiger partial charge in [0.25, 0.3) is 0 Å². The molecule has 1 fully saturated rings. The zero-order valence-electron chi connectivity index (χ0n) is 13.8. The van der Waals surface area contributed by atoms with Crippen molar-refractivity contribution in [1.82, 2.24) is 0 Å². The van der Waals surface area contributed by atoms with Gasteiger partial charge in [0.1, 0.15) is 24.4 Å². The molecule has 0 radical (unpaired) electrons. The predicted molar refractivity (Wildman–Crippen MR) is 81.4 cm³/mol. The fourth-order valence-electron chi connectivity index (χ4n) is 2.99. The maximum atomic E-state index is 10.5. The molecule has 0 aromatic heterocycles. The topological polar surface area (TPSA) is 120 Å². The number of hydrogen-bond acceptors (Lipinski definition) is 7. The van der Waals surface area contributed by atoms with Gasteiger partial charge in [0.15, 0.2) is 6.29 Å². The summed E-state index contributed by atoms with van der Waals surface area (Å²) in [7, 11) is 0. The molecule has 2 rings (SSSR count). The van der Waals surface area contributed by atoms with Crippen molar-refractivity contribution in [2.24, 2.45) is 5.92 Å². The first-order valence-corrected chi connectivity index (χ1v) is 8.04. The fourth-order valence-corrected chi connectivity index (χ4v) is 2.99. The molecule has 0 spiro atoms. The van der Waals surface area contributed by atoms with E-state index in [1.54, 1.807) is 6.92 Å². The summed E-state index contributed by atoms with van der Waals surface area (Å²) in [5.74, 6) is 0.312. The lowest BCUT2D eigenvalue weighted by Gasteiger charge is -2.44. The molecular weight excluding hydrogens is 304 g/mol. The molecule has 2 aliphatic rings. The smallest absolute Gasteiger partial charge is 0.187 e. The van der Waals surface area contributed by atoms with Crippen LogP contribution in [0, 0.1) is 5.92 Å². The van der Waals surface area contributed by atoms with E-state index in [9.17, 15) is 25.5 Å². The molecule has 0 bridgehead atoms. The molecule has 7 atom stereocenters. The maximum Gasteiger partial charge on any atom is 0.187 e. The minimum Gasteiger partial charge on any atom is -0.394 e. The van der Waals surface area contributed by atoms with Crippen LogP contribution in [0.1, 0.15) is 33.6 Å². The second kappa shape index (κ2) is 7.14. The normalized spacial score (nSPS) is 45.2. The average molecular weight is 332 g/mol. The summed E-state index contributed by atoms with van der Waals surface area (Å²) in [5, 5.41) is 49.4. The van der Waals surface area contributed by atoms with Gasteiger partial charge in [0, 0.05) is 0 Å². The van der Waals surface area contributed by atoms with E-state index in [0.29, 0.717) is 18.8 Å². The molecule has 0 saturated carbocycles. The van der Waals surface area contributed by atoms with E-state index in [0.717, 1.165) is 5.57 Å². The Bertz CT molecular complexity index is 432. The summed E-state index contributed by atoms with van der Waals surface area (Å²) < 4.78 is 11.1. The molecule has 7 nitrogen and oxygen atoms in total. The van der Waals surface area contributed by atoms with E-state index in [2.05, 4.69) is 13.8 Å². The van der Waals surface area contributed by atoms with Gasteiger partial charge in [-0.05, 0) is 25.7 Å². The zero-order valence-corrected chi connectivity index (χ0v) is 13.8. The highest BCUT2D eigenvalue weighted by Crippen LogP contribution is 2.35. The summed E-state index contributed by atoms with van der Waals surface area (Å²) in [6, 6.07) is 0. The molecule has 0 unspecified atom stereocenters. The van der Waals surface area contributed by atoms with Crippen LogP contribution in [0.25, 0.3) is 0 Å². The van der Waals surface area contributed by atoms with Gasteiger partial charge in [-0.1, -0.05) is 25.5 Å². The lowest BCUT2D eigenvalue weighted by Crippen LogP contribution is -2.61. The molecule has 1 aliphatic carbocycles. The van der Waals surface area contributed by atoms with E-state index in [4.69, 9.17) is 9.47 Å². The maximum absolute atomic E-state index is 10.5. The van der Waals surface area contributed by atoms with Crippen molar-refractivity contribution >= 4 is 0 Å². The highest BCUT2D eigenvalue weighted by atomic mass is 16.7. The van der Waals surface area contributed by atoms with Crippen LogP contribution in [0.4, 0.5) is 0 Å². The molecule has 0 amide bonds. The Morgan fingerprint density at radius 2 is 1.91 bits per heavy atom. The third kappa shape index (κ3) is 3.93. The molecule has 1 aliphatic heterocycles. The minimum atomic E-state index is -1.49. The van der Waals surface area contributed by atoms with Gasteiger partial charge >= 0.3 is 0 Å². The summed E-state index contributed by atoms with van der Waals surface area (Å²) in [4.78, 5) is 0. The highest BCUT2D eigenvalue weighted by molar-refractivity contribution is 5.15. The van der Waals surface area contributed by atoms with E-state index >= 15 is 0 Å². The molecule has 23 heavy (non-hydrogen) atoms. The van der Waals surface area contributed by atoms with Gasteiger partial charge in [0.05, 0.1) is 18.3 Å². The molecule has 7 heteroatoms. The minimum absolute atomic E-state index is 0.312. The number of aliphatic hydroxyl groups excluding tert-OH is 4. The van der Waals surface area contributed by atoms with E-state index in [-0.39, 0.29) is 0 Å². The average Bonchev–Trinajstić information content (AvgIpc) is 2.49. The third-order valence-corrected chi connectivity index (χ3v) is 4.78. The van der Waals surface area contributed by atoms with Crippen LogP contribution >= 0.6 is 0 Å². The van der Waals surface area contributed by atoms with Gasteiger partial charge in [-0.15, -0.1) is 0 Å². The molecule has 1 saturated heterocycles. The van der Waals surface area contributed by atoms with Crippen LogP contribution in [0.5, 0.6) is 0 Å². The molecule has 0 aromatic carbocycles. The largest absolute Gasteiger partial charge is 0.394 e. The number of ether oxygens (including phenoxy) is 2. The van der Waals surface area contributed by atoms with E-state index in [1.165, 1.54) is 0 Å². The van der Waals surface area contributed by atoms with Crippen LogP contribution in [0.15, 0.2) is 11.6 Å². The molecule has 134 valence electrons. The highest BCUT2D eigenvalue weighted by Gasteiger charge is 2.47. The van der Waals surface area contributed by atoms with Crippen molar-refractivity contribution in [2.75, 3.05) is 6.61 Å². The molecular formula is C16H28O7. The van der Waals surface area contributed by atoms with Gasteiger partial charge in [-0.2, -0.15) is 0 Å². The molecule has 0 aromatic rings. The van der Waals surface area contributed by atoms with Crippen LogP contribution in [-0.2, 0) is 9.47 Å². The standard InChI is InChI=1S/C16H28O7/c1-8(2)9-4-5-16(3,21)11(6-9)23-15-14(20)13(19)12(18)10(7-17)22-15/h4,8,10-15,17-21H,5-7H2,1-3H3/t10-,11+,12+,13+,14+,15+,16+/m0/s1. The summed E-state index contributed by atoms with van der Waals surface area (Å²) in [6.07, 6.45) is -4.34. The monoisotopic (exact) mass is 332 g/mol. The van der Waals surface area contributed by atoms with Crippen molar-refractivity contribution in [2.45, 2.75) is 76.0 Å². The van der Waals surface area contributed by atoms with Crippen molar-refractivity contribution < 1.29 is 35.0 Å². The van der Waals surface area contributed by atoms with E-state index < -0.39 is 49.0 Å². The third-order valence-electron chi connectivity index (χ3n) is 4.78. The Morgan fingerprint density at radius 1 is 1.26 bits per heavy atom. The Labute approximate surface area is 136 Å². The van der Waals surface area contributed by atoms with Crippen LogP contribution in [-0.4, -0.2) is 74.6 Å². The first-order chi connectivity index (χ1) is 10.7. The number of aliphatic hydroxyl groups is 5. The number of hydrogen-bond donors (Lipinski definition) is 5. The lowest BCUT2D eigenvalue weighted by molar-refractivity contribution is -0.323. The molecule has 5 N–H and O–H groups in total. The Hall–Kier alpha value is -0.540. The van der Waals surface area contributed by atoms with Gasteiger partial charge in [-0.25, -0.2) is 0 Å². The Kier molecular flexibility index (Phi) is 5.84. The summed E-state index contributed by atoms with van der Waals surface area (Å²) >= 11 is 0. The lowest BCUT2D eigenvalue weighted by atomic mass is 9.80. The quantitative estimate of drug-likeness (QED) is 0.432. The van der Waals surface area contributed by atoms with Crippen LogP contribution in [0.3, 0.4) is 0 Å². The second-order valence-corrected chi connectivity index (χ2v) is 7.02.